The minimum atomic E-state index is -0.374. The highest BCUT2D eigenvalue weighted by atomic mass is 32.1. The van der Waals surface area contributed by atoms with E-state index in [-0.39, 0.29) is 23.8 Å². The molecule has 0 radical (unpaired) electrons. The monoisotopic (exact) mass is 323 g/mol. The lowest BCUT2D eigenvalue weighted by atomic mass is 9.82. The molecule has 0 aliphatic heterocycles. The number of esters is 1. The van der Waals surface area contributed by atoms with Crippen molar-refractivity contribution < 1.29 is 14.3 Å². The number of hydrogen-bond acceptors (Lipinski definition) is 4. The molecule has 1 amide bonds. The van der Waals surface area contributed by atoms with Crippen molar-refractivity contribution in [3.05, 3.63) is 16.3 Å². The standard InChI is InChI=1S/C17H25NO3S/c1-11(2)18(14-9-10-22-15(14)17(20)21-4)16(19)13-7-5-12(3)6-8-13/h9-13H,5-8H2,1-4H3. The molecule has 1 aliphatic rings. The lowest BCUT2D eigenvalue weighted by Crippen LogP contribution is -2.42. The summed E-state index contributed by atoms with van der Waals surface area (Å²) < 4.78 is 4.84. The Bertz CT molecular complexity index is 530. The van der Waals surface area contributed by atoms with Crippen LogP contribution in [0.5, 0.6) is 0 Å². The average molecular weight is 323 g/mol. The molecule has 0 aromatic carbocycles. The molecule has 0 bridgehead atoms. The summed E-state index contributed by atoms with van der Waals surface area (Å²) in [5.41, 5.74) is 0.690. The maximum Gasteiger partial charge on any atom is 0.350 e. The van der Waals surface area contributed by atoms with Crippen LogP contribution in [0.4, 0.5) is 5.69 Å². The van der Waals surface area contributed by atoms with Crippen LogP contribution in [0.1, 0.15) is 56.1 Å². The lowest BCUT2D eigenvalue weighted by molar-refractivity contribution is -0.123. The second-order valence-electron chi connectivity index (χ2n) is 6.39. The molecule has 2 rings (SSSR count). The van der Waals surface area contributed by atoms with Gasteiger partial charge in [0.2, 0.25) is 5.91 Å². The van der Waals surface area contributed by atoms with Crippen LogP contribution in [-0.2, 0) is 9.53 Å². The van der Waals surface area contributed by atoms with Crippen molar-refractivity contribution in [2.24, 2.45) is 11.8 Å². The first-order valence-electron chi connectivity index (χ1n) is 7.94. The molecule has 22 heavy (non-hydrogen) atoms. The highest BCUT2D eigenvalue weighted by molar-refractivity contribution is 7.12. The van der Waals surface area contributed by atoms with Crippen molar-refractivity contribution in [1.29, 1.82) is 0 Å². The van der Waals surface area contributed by atoms with Crippen molar-refractivity contribution in [2.45, 2.75) is 52.5 Å². The number of amides is 1. The van der Waals surface area contributed by atoms with Crippen molar-refractivity contribution in [3.63, 3.8) is 0 Å². The van der Waals surface area contributed by atoms with E-state index in [1.807, 2.05) is 25.3 Å². The number of nitrogens with zero attached hydrogens (tertiary/aromatic N) is 1. The van der Waals surface area contributed by atoms with Gasteiger partial charge in [-0.15, -0.1) is 11.3 Å². The molecule has 1 aromatic rings. The topological polar surface area (TPSA) is 46.6 Å². The third-order valence-electron chi connectivity index (χ3n) is 4.39. The van der Waals surface area contributed by atoms with E-state index in [4.69, 9.17) is 4.74 Å². The van der Waals surface area contributed by atoms with Crippen LogP contribution in [0, 0.1) is 11.8 Å². The molecule has 0 unspecified atom stereocenters. The molecule has 1 heterocycles. The van der Waals surface area contributed by atoms with E-state index in [1.54, 1.807) is 4.90 Å². The first-order valence-corrected chi connectivity index (χ1v) is 8.82. The first kappa shape index (κ1) is 17.0. The van der Waals surface area contributed by atoms with Crippen LogP contribution in [0.15, 0.2) is 11.4 Å². The summed E-state index contributed by atoms with van der Waals surface area (Å²) in [7, 11) is 1.37. The van der Waals surface area contributed by atoms with Crippen LogP contribution in [-0.4, -0.2) is 25.0 Å². The predicted octanol–water partition coefficient (Wildman–Crippen LogP) is 4.10. The van der Waals surface area contributed by atoms with Gasteiger partial charge in [0, 0.05) is 12.0 Å². The van der Waals surface area contributed by atoms with Gasteiger partial charge in [0.05, 0.1) is 12.8 Å². The van der Waals surface area contributed by atoms with Crippen molar-refractivity contribution in [2.75, 3.05) is 12.0 Å². The SMILES string of the molecule is COC(=O)c1sccc1N(C(=O)C1CCC(C)CC1)C(C)C. The summed E-state index contributed by atoms with van der Waals surface area (Å²) in [6.45, 7) is 6.22. The van der Waals surface area contributed by atoms with Crippen molar-refractivity contribution >= 4 is 28.9 Å². The zero-order valence-electron chi connectivity index (χ0n) is 13.8. The van der Waals surface area contributed by atoms with Crippen LogP contribution in [0.25, 0.3) is 0 Å². The predicted molar refractivity (Wildman–Crippen MR) is 89.4 cm³/mol. The smallest absolute Gasteiger partial charge is 0.350 e. The number of carbonyl (C=O) groups is 2. The summed E-state index contributed by atoms with van der Waals surface area (Å²) in [6, 6.07) is 1.87. The summed E-state index contributed by atoms with van der Waals surface area (Å²) >= 11 is 1.32. The zero-order valence-corrected chi connectivity index (χ0v) is 14.6. The van der Waals surface area contributed by atoms with E-state index in [1.165, 1.54) is 18.4 Å². The van der Waals surface area contributed by atoms with Gasteiger partial charge in [-0.3, -0.25) is 4.79 Å². The number of carbonyl (C=O) groups excluding carboxylic acids is 2. The highest BCUT2D eigenvalue weighted by Crippen LogP contribution is 2.34. The van der Waals surface area contributed by atoms with Gasteiger partial charge in [0.1, 0.15) is 4.88 Å². The zero-order chi connectivity index (χ0) is 16.3. The van der Waals surface area contributed by atoms with Crippen LogP contribution in [0.2, 0.25) is 0 Å². The number of hydrogen-bond donors (Lipinski definition) is 0. The molecule has 122 valence electrons. The van der Waals surface area contributed by atoms with Gasteiger partial charge >= 0.3 is 5.97 Å². The summed E-state index contributed by atoms with van der Waals surface area (Å²) in [5.74, 6) is 0.554. The highest BCUT2D eigenvalue weighted by Gasteiger charge is 2.32. The van der Waals surface area contributed by atoms with Crippen LogP contribution >= 0.6 is 11.3 Å². The quantitative estimate of drug-likeness (QED) is 0.784. The summed E-state index contributed by atoms with van der Waals surface area (Å²) in [6.07, 6.45) is 4.10. The molecule has 0 atom stereocenters. The lowest BCUT2D eigenvalue weighted by Gasteiger charge is -2.33. The van der Waals surface area contributed by atoms with Crippen LogP contribution < -0.4 is 4.90 Å². The van der Waals surface area contributed by atoms with Crippen LogP contribution in [0.3, 0.4) is 0 Å². The number of rotatable bonds is 4. The number of ether oxygens (including phenoxy) is 1. The number of methoxy groups -OCH3 is 1. The Labute approximate surface area is 136 Å². The molecular formula is C17H25NO3S. The molecule has 0 N–H and O–H groups in total. The van der Waals surface area contributed by atoms with Gasteiger partial charge < -0.3 is 9.64 Å². The van der Waals surface area contributed by atoms with Crippen molar-refractivity contribution in [1.82, 2.24) is 0 Å². The number of thiophene rings is 1. The fourth-order valence-electron chi connectivity index (χ4n) is 3.09. The third kappa shape index (κ3) is 3.51. The largest absolute Gasteiger partial charge is 0.465 e. The second kappa shape index (κ2) is 7.27. The molecule has 1 fully saturated rings. The van der Waals surface area contributed by atoms with E-state index in [9.17, 15) is 9.59 Å². The van der Waals surface area contributed by atoms with Gasteiger partial charge in [-0.1, -0.05) is 6.92 Å². The van der Waals surface area contributed by atoms with E-state index in [2.05, 4.69) is 6.92 Å². The van der Waals surface area contributed by atoms with E-state index < -0.39 is 0 Å². The Balaban J connectivity index is 2.25. The third-order valence-corrected chi connectivity index (χ3v) is 5.28. The molecule has 1 saturated carbocycles. The van der Waals surface area contributed by atoms with E-state index >= 15 is 0 Å². The maximum atomic E-state index is 13.0. The van der Waals surface area contributed by atoms with Gasteiger partial charge in [0.25, 0.3) is 0 Å². The molecule has 5 heteroatoms. The molecule has 4 nitrogen and oxygen atoms in total. The van der Waals surface area contributed by atoms with Gasteiger partial charge in [-0.25, -0.2) is 4.79 Å². The van der Waals surface area contributed by atoms with E-state index in [0.717, 1.165) is 25.7 Å². The Morgan fingerprint density at radius 2 is 1.91 bits per heavy atom. The Morgan fingerprint density at radius 3 is 2.45 bits per heavy atom. The summed E-state index contributed by atoms with van der Waals surface area (Å²) in [5, 5.41) is 1.84. The average Bonchev–Trinajstić information content (AvgIpc) is 2.96. The molecule has 0 spiro atoms. The minimum absolute atomic E-state index is 0.0184. The van der Waals surface area contributed by atoms with Gasteiger partial charge in [0.15, 0.2) is 0 Å². The Hall–Kier alpha value is -1.36. The number of anilines is 1. The van der Waals surface area contributed by atoms with Gasteiger partial charge in [-0.2, -0.15) is 0 Å². The fourth-order valence-corrected chi connectivity index (χ4v) is 3.89. The Morgan fingerprint density at radius 1 is 1.27 bits per heavy atom. The molecular weight excluding hydrogens is 298 g/mol. The minimum Gasteiger partial charge on any atom is -0.465 e. The molecule has 0 saturated heterocycles. The summed E-state index contributed by atoms with van der Waals surface area (Å²) in [4.78, 5) is 27.2. The first-order chi connectivity index (χ1) is 10.5. The second-order valence-corrected chi connectivity index (χ2v) is 7.30. The van der Waals surface area contributed by atoms with E-state index in [0.29, 0.717) is 16.5 Å². The Kier molecular flexibility index (Phi) is 5.62. The normalized spacial score (nSPS) is 21.7. The molecule has 1 aromatic heterocycles. The van der Waals surface area contributed by atoms with Crippen molar-refractivity contribution in [3.8, 4) is 0 Å². The van der Waals surface area contributed by atoms with Gasteiger partial charge in [-0.05, 0) is 56.9 Å². The fraction of sp³-hybridized carbons (Fsp3) is 0.647. The maximum absolute atomic E-state index is 13.0. The molecule has 1 aliphatic carbocycles.